The van der Waals surface area contributed by atoms with Gasteiger partial charge in [0.1, 0.15) is 17.3 Å². The Bertz CT molecular complexity index is 1400. The number of nitrogens with zero attached hydrogens (tertiary/aromatic N) is 4. The molecule has 0 saturated carbocycles. The van der Waals surface area contributed by atoms with Gasteiger partial charge in [0, 0.05) is 18.7 Å². The summed E-state index contributed by atoms with van der Waals surface area (Å²) in [6.07, 6.45) is 0.586. The van der Waals surface area contributed by atoms with E-state index in [1.807, 2.05) is 12.1 Å². The average molecular weight is 461 g/mol. The summed E-state index contributed by atoms with van der Waals surface area (Å²) in [5, 5.41) is 9.39. The standard InChI is InChI=1S/C30H28N4O/c1-2-35-28-22-30(24-16-8-4-9-17-24,34-27-21-13-12-20-26(27)31-32-34)29(23-14-6-3-7-15-23)33(28)25-18-10-5-11-19-25/h3-21,28-29H,2,22H2,1H3. The lowest BCUT2D eigenvalue weighted by Crippen LogP contribution is -2.42. The maximum Gasteiger partial charge on any atom is 0.133 e. The first-order valence-corrected chi connectivity index (χ1v) is 12.2. The molecule has 3 atom stereocenters. The molecule has 3 unspecified atom stereocenters. The van der Waals surface area contributed by atoms with Crippen LogP contribution < -0.4 is 4.90 Å². The number of hydrogen-bond acceptors (Lipinski definition) is 4. The van der Waals surface area contributed by atoms with E-state index in [2.05, 4.69) is 125 Å². The third kappa shape index (κ3) is 3.51. The molecular formula is C30H28N4O. The number of aromatic nitrogens is 3. The van der Waals surface area contributed by atoms with E-state index >= 15 is 0 Å². The van der Waals surface area contributed by atoms with E-state index in [0.29, 0.717) is 6.61 Å². The number of fused-ring (bicyclic) bond motifs is 1. The predicted molar refractivity (Wildman–Crippen MR) is 139 cm³/mol. The predicted octanol–water partition coefficient (Wildman–Crippen LogP) is 6.19. The number of para-hydroxylation sites is 2. The molecule has 174 valence electrons. The van der Waals surface area contributed by atoms with Crippen molar-refractivity contribution in [2.24, 2.45) is 0 Å². The van der Waals surface area contributed by atoms with Crippen molar-refractivity contribution in [2.45, 2.75) is 31.2 Å². The largest absolute Gasteiger partial charge is 0.359 e. The van der Waals surface area contributed by atoms with Gasteiger partial charge in [0.05, 0.1) is 11.6 Å². The molecule has 1 aliphatic rings. The van der Waals surface area contributed by atoms with Crippen molar-refractivity contribution in [1.82, 2.24) is 15.0 Å². The van der Waals surface area contributed by atoms with Crippen molar-refractivity contribution in [3.8, 4) is 0 Å². The highest BCUT2D eigenvalue weighted by molar-refractivity contribution is 5.75. The normalized spacial score (nSPS) is 22.0. The van der Waals surface area contributed by atoms with E-state index in [1.54, 1.807) is 0 Å². The van der Waals surface area contributed by atoms with Crippen LogP contribution in [0.1, 0.15) is 30.5 Å². The fourth-order valence-electron chi connectivity index (χ4n) is 5.68. The van der Waals surface area contributed by atoms with Gasteiger partial charge in [-0.1, -0.05) is 96.2 Å². The number of anilines is 1. The van der Waals surface area contributed by atoms with Gasteiger partial charge in [-0.25, -0.2) is 4.68 Å². The van der Waals surface area contributed by atoms with E-state index in [-0.39, 0.29) is 12.3 Å². The highest BCUT2D eigenvalue weighted by atomic mass is 16.5. The first kappa shape index (κ1) is 21.6. The van der Waals surface area contributed by atoms with Crippen molar-refractivity contribution in [1.29, 1.82) is 0 Å². The van der Waals surface area contributed by atoms with Gasteiger partial charge in [0.2, 0.25) is 0 Å². The quantitative estimate of drug-likeness (QED) is 0.303. The maximum absolute atomic E-state index is 6.47. The van der Waals surface area contributed by atoms with Gasteiger partial charge in [0.15, 0.2) is 0 Å². The minimum Gasteiger partial charge on any atom is -0.359 e. The molecule has 5 aromatic rings. The molecule has 4 aromatic carbocycles. The number of hydrogen-bond donors (Lipinski definition) is 0. The zero-order valence-electron chi connectivity index (χ0n) is 19.7. The first-order valence-electron chi connectivity index (χ1n) is 12.2. The summed E-state index contributed by atoms with van der Waals surface area (Å²) in [4.78, 5) is 2.43. The third-order valence-corrected chi connectivity index (χ3v) is 7.06. The minimum atomic E-state index is -0.547. The fourth-order valence-corrected chi connectivity index (χ4v) is 5.68. The van der Waals surface area contributed by atoms with Gasteiger partial charge in [-0.2, -0.15) is 0 Å². The number of benzene rings is 4. The van der Waals surface area contributed by atoms with Crippen LogP contribution in [-0.4, -0.2) is 27.8 Å². The van der Waals surface area contributed by atoms with Crippen LogP contribution in [0, 0.1) is 0 Å². The zero-order valence-corrected chi connectivity index (χ0v) is 19.7. The van der Waals surface area contributed by atoms with Gasteiger partial charge in [0.25, 0.3) is 0 Å². The molecule has 0 amide bonds. The molecule has 5 heteroatoms. The Labute approximate surface area is 205 Å². The second-order valence-corrected chi connectivity index (χ2v) is 8.95. The summed E-state index contributed by atoms with van der Waals surface area (Å²) in [7, 11) is 0. The Morgan fingerprint density at radius 1 is 0.800 bits per heavy atom. The second-order valence-electron chi connectivity index (χ2n) is 8.95. The molecule has 0 radical (unpaired) electrons. The van der Waals surface area contributed by atoms with Crippen LogP contribution in [0.25, 0.3) is 11.0 Å². The van der Waals surface area contributed by atoms with Crippen molar-refractivity contribution in [3.05, 3.63) is 126 Å². The van der Waals surface area contributed by atoms with Crippen LogP contribution in [0.5, 0.6) is 0 Å². The van der Waals surface area contributed by atoms with Crippen LogP contribution in [0.15, 0.2) is 115 Å². The summed E-state index contributed by atoms with van der Waals surface area (Å²) >= 11 is 0. The van der Waals surface area contributed by atoms with E-state index in [4.69, 9.17) is 9.95 Å². The van der Waals surface area contributed by atoms with Crippen LogP contribution in [0.4, 0.5) is 5.69 Å². The molecule has 0 N–H and O–H groups in total. The van der Waals surface area contributed by atoms with Crippen LogP contribution in [0.3, 0.4) is 0 Å². The Hall–Kier alpha value is -3.96. The van der Waals surface area contributed by atoms with Gasteiger partial charge >= 0.3 is 0 Å². The zero-order chi connectivity index (χ0) is 23.7. The lowest BCUT2D eigenvalue weighted by Gasteiger charge is -2.40. The average Bonchev–Trinajstić information content (AvgIpc) is 3.51. The van der Waals surface area contributed by atoms with Crippen molar-refractivity contribution >= 4 is 16.7 Å². The molecule has 5 nitrogen and oxygen atoms in total. The summed E-state index contributed by atoms with van der Waals surface area (Å²) in [5.41, 5.74) is 4.88. The van der Waals surface area contributed by atoms with E-state index < -0.39 is 5.54 Å². The molecule has 1 aliphatic heterocycles. The Kier molecular flexibility index (Phi) is 5.55. The smallest absolute Gasteiger partial charge is 0.133 e. The molecule has 1 fully saturated rings. The van der Waals surface area contributed by atoms with E-state index in [1.165, 1.54) is 11.1 Å². The van der Waals surface area contributed by atoms with Gasteiger partial charge in [-0.15, -0.1) is 5.10 Å². The highest BCUT2D eigenvalue weighted by Gasteiger charge is 2.57. The molecule has 0 bridgehead atoms. The van der Waals surface area contributed by atoms with Crippen molar-refractivity contribution < 1.29 is 4.74 Å². The molecule has 6 rings (SSSR count). The SMILES string of the molecule is CCOC1CC(c2ccccc2)(n2nnc3ccccc32)C(c2ccccc2)N1c1ccccc1. The molecule has 0 aliphatic carbocycles. The molecule has 1 aromatic heterocycles. The lowest BCUT2D eigenvalue weighted by molar-refractivity contribution is 0.0623. The lowest BCUT2D eigenvalue weighted by atomic mass is 9.79. The molecule has 1 saturated heterocycles. The Morgan fingerprint density at radius 2 is 1.43 bits per heavy atom. The number of ether oxygens (including phenoxy) is 1. The minimum absolute atomic E-state index is 0.0739. The number of rotatable bonds is 6. The maximum atomic E-state index is 6.47. The summed E-state index contributed by atoms with van der Waals surface area (Å²) in [5.74, 6) is 0. The fraction of sp³-hybridized carbons (Fsp3) is 0.200. The van der Waals surface area contributed by atoms with E-state index in [9.17, 15) is 0 Å². The van der Waals surface area contributed by atoms with Crippen LogP contribution >= 0.6 is 0 Å². The topological polar surface area (TPSA) is 43.2 Å². The van der Waals surface area contributed by atoms with Gasteiger partial charge in [-0.3, -0.25) is 0 Å². The monoisotopic (exact) mass is 460 g/mol. The Morgan fingerprint density at radius 3 is 2.14 bits per heavy atom. The molecular weight excluding hydrogens is 432 g/mol. The molecule has 0 spiro atoms. The van der Waals surface area contributed by atoms with E-state index in [0.717, 1.165) is 23.1 Å². The highest BCUT2D eigenvalue weighted by Crippen LogP contribution is 2.54. The first-order chi connectivity index (χ1) is 17.3. The summed E-state index contributed by atoms with van der Waals surface area (Å²) in [6.45, 7) is 2.69. The molecule has 35 heavy (non-hydrogen) atoms. The van der Waals surface area contributed by atoms with Crippen LogP contribution in [-0.2, 0) is 10.3 Å². The van der Waals surface area contributed by atoms with Gasteiger partial charge in [-0.05, 0) is 42.3 Å². The summed E-state index contributed by atoms with van der Waals surface area (Å²) in [6, 6.07) is 40.2. The van der Waals surface area contributed by atoms with Crippen molar-refractivity contribution in [2.75, 3.05) is 11.5 Å². The molecule has 2 heterocycles. The Balaban J connectivity index is 1.69. The van der Waals surface area contributed by atoms with Crippen LogP contribution in [0.2, 0.25) is 0 Å². The second kappa shape index (κ2) is 9.01. The van der Waals surface area contributed by atoms with Crippen molar-refractivity contribution in [3.63, 3.8) is 0 Å². The summed E-state index contributed by atoms with van der Waals surface area (Å²) < 4.78 is 8.62. The third-order valence-electron chi connectivity index (χ3n) is 7.06. The van der Waals surface area contributed by atoms with Gasteiger partial charge < -0.3 is 9.64 Å².